The van der Waals surface area contributed by atoms with Crippen LogP contribution in [0.5, 0.6) is 0 Å². The standard InChI is InChI=1S/C20H25N3O2/c21-17(20(25)23-12-4-7-18(23)19(22)24)13-14-8-10-16(11-9-14)15-5-2-1-3-6-15/h1-3,5-6,8-11,17-19,24H,4,7,12-13,21-22H2/t17-,18-,19-/m0/s1. The van der Waals surface area contributed by atoms with Crippen LogP contribution >= 0.6 is 0 Å². The van der Waals surface area contributed by atoms with Crippen LogP contribution in [0, 0.1) is 0 Å². The molecule has 3 atom stereocenters. The lowest BCUT2D eigenvalue weighted by molar-refractivity contribution is -0.135. The van der Waals surface area contributed by atoms with Crippen LogP contribution in [0.1, 0.15) is 18.4 Å². The Bertz CT molecular complexity index is 701. The summed E-state index contributed by atoms with van der Waals surface area (Å²) in [7, 11) is 0. The summed E-state index contributed by atoms with van der Waals surface area (Å²) in [4.78, 5) is 14.2. The third-order valence-corrected chi connectivity index (χ3v) is 4.81. The number of hydrogen-bond donors (Lipinski definition) is 3. The number of rotatable bonds is 5. The fraction of sp³-hybridized carbons (Fsp3) is 0.350. The molecule has 25 heavy (non-hydrogen) atoms. The second-order valence-corrected chi connectivity index (χ2v) is 6.61. The Kier molecular flexibility index (Phi) is 5.48. The summed E-state index contributed by atoms with van der Waals surface area (Å²) in [6.07, 6.45) is 1.03. The fourth-order valence-corrected chi connectivity index (χ4v) is 3.44. The number of nitrogens with zero attached hydrogens (tertiary/aromatic N) is 1. The van der Waals surface area contributed by atoms with Gasteiger partial charge in [0.15, 0.2) is 0 Å². The van der Waals surface area contributed by atoms with E-state index in [2.05, 4.69) is 12.1 Å². The van der Waals surface area contributed by atoms with Gasteiger partial charge in [-0.3, -0.25) is 4.79 Å². The van der Waals surface area contributed by atoms with Crippen molar-refractivity contribution in [1.29, 1.82) is 0 Å². The van der Waals surface area contributed by atoms with Gasteiger partial charge in [-0.15, -0.1) is 0 Å². The Labute approximate surface area is 148 Å². The lowest BCUT2D eigenvalue weighted by Crippen LogP contribution is -2.52. The predicted molar refractivity (Wildman–Crippen MR) is 98.5 cm³/mol. The summed E-state index contributed by atoms with van der Waals surface area (Å²) in [5.41, 5.74) is 15.0. The second kappa shape index (κ2) is 7.78. The Balaban J connectivity index is 1.64. The van der Waals surface area contributed by atoms with E-state index in [-0.39, 0.29) is 11.9 Å². The van der Waals surface area contributed by atoms with Gasteiger partial charge in [0.25, 0.3) is 0 Å². The lowest BCUT2D eigenvalue weighted by Gasteiger charge is -2.29. The SMILES string of the molecule is N[C@@H](Cc1ccc(-c2ccccc2)cc1)C(=O)N1CCC[C@H]1[C@@H](N)O. The van der Waals surface area contributed by atoms with E-state index in [1.165, 1.54) is 0 Å². The van der Waals surface area contributed by atoms with Gasteiger partial charge in [0.05, 0.1) is 12.1 Å². The van der Waals surface area contributed by atoms with Gasteiger partial charge in [0.1, 0.15) is 6.23 Å². The highest BCUT2D eigenvalue weighted by atomic mass is 16.3. The molecular formula is C20H25N3O2. The van der Waals surface area contributed by atoms with Crippen LogP contribution in [0.25, 0.3) is 11.1 Å². The number of carbonyl (C=O) groups excluding carboxylic acids is 1. The molecule has 1 fully saturated rings. The summed E-state index contributed by atoms with van der Waals surface area (Å²) >= 11 is 0. The van der Waals surface area contributed by atoms with Crippen LogP contribution in [0.3, 0.4) is 0 Å². The van der Waals surface area contributed by atoms with Crippen LogP contribution in [0.15, 0.2) is 54.6 Å². The highest BCUT2D eigenvalue weighted by Gasteiger charge is 2.34. The Morgan fingerprint density at radius 2 is 1.72 bits per heavy atom. The largest absolute Gasteiger partial charge is 0.377 e. The normalized spacial score (nSPS) is 19.6. The van der Waals surface area contributed by atoms with Crippen molar-refractivity contribution in [1.82, 2.24) is 4.90 Å². The summed E-state index contributed by atoms with van der Waals surface area (Å²) in [5, 5.41) is 9.62. The smallest absolute Gasteiger partial charge is 0.240 e. The Morgan fingerprint density at radius 3 is 2.36 bits per heavy atom. The summed E-state index contributed by atoms with van der Waals surface area (Å²) < 4.78 is 0. The van der Waals surface area contributed by atoms with E-state index in [1.807, 2.05) is 42.5 Å². The molecule has 0 aliphatic carbocycles. The first-order chi connectivity index (χ1) is 12.1. The third-order valence-electron chi connectivity index (χ3n) is 4.81. The molecule has 1 aliphatic heterocycles. The van der Waals surface area contributed by atoms with Crippen molar-refractivity contribution in [3.8, 4) is 11.1 Å². The van der Waals surface area contributed by atoms with Crippen LogP contribution in [0.4, 0.5) is 0 Å². The molecule has 5 N–H and O–H groups in total. The van der Waals surface area contributed by atoms with E-state index in [0.29, 0.717) is 13.0 Å². The highest BCUT2D eigenvalue weighted by Crippen LogP contribution is 2.22. The second-order valence-electron chi connectivity index (χ2n) is 6.61. The maximum absolute atomic E-state index is 12.6. The number of benzene rings is 2. The van der Waals surface area contributed by atoms with E-state index in [9.17, 15) is 9.90 Å². The zero-order valence-corrected chi connectivity index (χ0v) is 14.2. The van der Waals surface area contributed by atoms with E-state index < -0.39 is 12.3 Å². The van der Waals surface area contributed by atoms with E-state index in [0.717, 1.165) is 29.5 Å². The molecule has 3 rings (SSSR count). The molecule has 0 unspecified atom stereocenters. The van der Waals surface area contributed by atoms with Gasteiger partial charge in [-0.2, -0.15) is 0 Å². The van der Waals surface area contributed by atoms with Gasteiger partial charge in [-0.25, -0.2) is 0 Å². The zero-order chi connectivity index (χ0) is 17.8. The van der Waals surface area contributed by atoms with E-state index in [4.69, 9.17) is 11.5 Å². The number of aliphatic hydroxyl groups is 1. The third kappa shape index (κ3) is 4.07. The van der Waals surface area contributed by atoms with Crippen molar-refractivity contribution < 1.29 is 9.90 Å². The van der Waals surface area contributed by atoms with Gasteiger partial charge in [-0.1, -0.05) is 54.6 Å². The minimum absolute atomic E-state index is 0.140. The van der Waals surface area contributed by atoms with Crippen molar-refractivity contribution in [2.75, 3.05) is 6.54 Å². The number of amides is 1. The minimum Gasteiger partial charge on any atom is -0.377 e. The monoisotopic (exact) mass is 339 g/mol. The highest BCUT2D eigenvalue weighted by molar-refractivity contribution is 5.82. The van der Waals surface area contributed by atoms with Gasteiger partial charge in [0, 0.05) is 6.54 Å². The molecule has 1 aliphatic rings. The van der Waals surface area contributed by atoms with Crippen molar-refractivity contribution >= 4 is 5.91 Å². The summed E-state index contributed by atoms with van der Waals surface area (Å²) in [5.74, 6) is -0.140. The average molecular weight is 339 g/mol. The average Bonchev–Trinajstić information content (AvgIpc) is 3.12. The Morgan fingerprint density at radius 1 is 1.08 bits per heavy atom. The van der Waals surface area contributed by atoms with Crippen molar-refractivity contribution in [2.45, 2.75) is 37.6 Å². The molecule has 0 aromatic heterocycles. The summed E-state index contributed by atoms with van der Waals surface area (Å²) in [6.45, 7) is 0.610. The first-order valence-corrected chi connectivity index (χ1v) is 8.70. The van der Waals surface area contributed by atoms with Gasteiger partial charge >= 0.3 is 0 Å². The molecule has 132 valence electrons. The molecule has 1 saturated heterocycles. The topological polar surface area (TPSA) is 92.6 Å². The molecule has 2 aromatic carbocycles. The summed E-state index contributed by atoms with van der Waals surface area (Å²) in [6, 6.07) is 17.3. The van der Waals surface area contributed by atoms with Gasteiger partial charge < -0.3 is 21.5 Å². The molecule has 1 amide bonds. The fourth-order valence-electron chi connectivity index (χ4n) is 3.44. The molecule has 5 nitrogen and oxygen atoms in total. The molecule has 1 heterocycles. The predicted octanol–water partition coefficient (Wildman–Crippen LogP) is 1.49. The number of carbonyl (C=O) groups is 1. The van der Waals surface area contributed by atoms with Gasteiger partial charge in [-0.05, 0) is 36.0 Å². The first kappa shape index (κ1) is 17.6. The van der Waals surface area contributed by atoms with E-state index >= 15 is 0 Å². The van der Waals surface area contributed by atoms with Crippen LogP contribution in [0.2, 0.25) is 0 Å². The first-order valence-electron chi connectivity index (χ1n) is 8.70. The lowest BCUT2D eigenvalue weighted by atomic mass is 10.0. The number of likely N-dealkylation sites (tertiary alicyclic amines) is 1. The van der Waals surface area contributed by atoms with Crippen LogP contribution in [-0.4, -0.2) is 40.8 Å². The molecule has 0 spiro atoms. The molecular weight excluding hydrogens is 314 g/mol. The maximum Gasteiger partial charge on any atom is 0.240 e. The molecule has 5 heteroatoms. The number of nitrogens with two attached hydrogens (primary N) is 2. The van der Waals surface area contributed by atoms with Gasteiger partial charge in [0.2, 0.25) is 5.91 Å². The number of hydrogen-bond acceptors (Lipinski definition) is 4. The Hall–Kier alpha value is -2.21. The van der Waals surface area contributed by atoms with Crippen molar-refractivity contribution in [3.63, 3.8) is 0 Å². The molecule has 0 radical (unpaired) electrons. The van der Waals surface area contributed by atoms with Crippen molar-refractivity contribution in [2.24, 2.45) is 11.5 Å². The van der Waals surface area contributed by atoms with Crippen LogP contribution < -0.4 is 11.5 Å². The van der Waals surface area contributed by atoms with Crippen LogP contribution in [-0.2, 0) is 11.2 Å². The van der Waals surface area contributed by atoms with Crippen molar-refractivity contribution in [3.05, 3.63) is 60.2 Å². The number of aliphatic hydroxyl groups excluding tert-OH is 1. The molecule has 0 bridgehead atoms. The minimum atomic E-state index is -1.01. The van der Waals surface area contributed by atoms with E-state index in [1.54, 1.807) is 4.90 Å². The zero-order valence-electron chi connectivity index (χ0n) is 14.2. The molecule has 2 aromatic rings. The molecule has 0 saturated carbocycles. The maximum atomic E-state index is 12.6. The quantitative estimate of drug-likeness (QED) is 0.720.